The van der Waals surface area contributed by atoms with Crippen molar-refractivity contribution < 1.29 is 4.74 Å². The number of aryl methyl sites for hydroxylation is 1. The number of nitrogens with one attached hydrogen (secondary N) is 1. The molecule has 1 aromatic heterocycles. The first-order chi connectivity index (χ1) is 16.5. The van der Waals surface area contributed by atoms with Crippen LogP contribution in [0.5, 0.6) is 5.75 Å². The van der Waals surface area contributed by atoms with E-state index in [4.69, 9.17) is 10.5 Å². The average Bonchev–Trinajstić information content (AvgIpc) is 2.83. The van der Waals surface area contributed by atoms with Crippen LogP contribution in [0.4, 0.5) is 11.5 Å². The maximum absolute atomic E-state index is 12.9. The van der Waals surface area contributed by atoms with E-state index in [0.717, 1.165) is 22.4 Å². The van der Waals surface area contributed by atoms with E-state index in [2.05, 4.69) is 4.98 Å². The lowest BCUT2D eigenvalue weighted by Crippen LogP contribution is -2.39. The normalized spacial score (nSPS) is 10.7. The van der Waals surface area contributed by atoms with Crippen molar-refractivity contribution in [1.29, 1.82) is 0 Å². The van der Waals surface area contributed by atoms with Gasteiger partial charge < -0.3 is 15.4 Å². The molecule has 4 rings (SSSR count). The molecule has 3 aromatic carbocycles. The van der Waals surface area contributed by atoms with Gasteiger partial charge in [-0.1, -0.05) is 72.8 Å². The Morgan fingerprint density at radius 2 is 1.59 bits per heavy atom. The van der Waals surface area contributed by atoms with Gasteiger partial charge in [0.15, 0.2) is 0 Å². The predicted octanol–water partition coefficient (Wildman–Crippen LogP) is 3.56. The van der Waals surface area contributed by atoms with Crippen molar-refractivity contribution in [2.45, 2.75) is 20.0 Å². The van der Waals surface area contributed by atoms with Gasteiger partial charge in [0.05, 0.1) is 13.1 Å². The molecule has 0 fully saturated rings. The Hall–Kier alpha value is -4.26. The number of nitrogens with two attached hydrogens (primary N) is 1. The van der Waals surface area contributed by atoms with Crippen molar-refractivity contribution in [2.24, 2.45) is 0 Å². The third-order valence-corrected chi connectivity index (χ3v) is 5.55. The minimum atomic E-state index is -0.536. The lowest BCUT2D eigenvalue weighted by atomic mass is 10.2. The number of anilines is 2. The summed E-state index contributed by atoms with van der Waals surface area (Å²) in [6, 6.07) is 27.1. The summed E-state index contributed by atoms with van der Waals surface area (Å²) in [5.74, 6) is 0.889. The first-order valence-corrected chi connectivity index (χ1v) is 11.2. The minimum Gasteiger partial charge on any atom is -0.492 e. The van der Waals surface area contributed by atoms with Crippen LogP contribution < -0.4 is 26.6 Å². The Bertz CT molecular complexity index is 1350. The van der Waals surface area contributed by atoms with Crippen LogP contribution in [0.15, 0.2) is 94.5 Å². The van der Waals surface area contributed by atoms with E-state index in [1.54, 1.807) is 0 Å². The molecule has 0 bridgehead atoms. The fourth-order valence-electron chi connectivity index (χ4n) is 3.86. The Morgan fingerprint density at radius 1 is 0.912 bits per heavy atom. The molecule has 7 nitrogen and oxygen atoms in total. The van der Waals surface area contributed by atoms with E-state index in [0.29, 0.717) is 19.7 Å². The molecule has 0 saturated heterocycles. The number of hydrogen-bond acceptors (Lipinski definition) is 5. The van der Waals surface area contributed by atoms with E-state index < -0.39 is 11.2 Å². The Kier molecular flexibility index (Phi) is 7.13. The number of nitrogen functional groups attached to an aromatic ring is 1. The number of rotatable bonds is 9. The molecule has 7 heteroatoms. The van der Waals surface area contributed by atoms with Crippen LogP contribution in [0.2, 0.25) is 0 Å². The summed E-state index contributed by atoms with van der Waals surface area (Å²) in [5, 5.41) is 0. The summed E-state index contributed by atoms with van der Waals surface area (Å²) < 4.78 is 7.34. The smallest absolute Gasteiger partial charge is 0.330 e. The lowest BCUT2D eigenvalue weighted by molar-refractivity contribution is 0.323. The van der Waals surface area contributed by atoms with Crippen molar-refractivity contribution in [3.63, 3.8) is 0 Å². The Balaban J connectivity index is 1.66. The summed E-state index contributed by atoms with van der Waals surface area (Å²) in [6.45, 7) is 3.44. The highest BCUT2D eigenvalue weighted by molar-refractivity contribution is 5.62. The van der Waals surface area contributed by atoms with Crippen LogP contribution in [-0.4, -0.2) is 22.7 Å². The summed E-state index contributed by atoms with van der Waals surface area (Å²) in [4.78, 5) is 29.9. The zero-order chi connectivity index (χ0) is 23.9. The van der Waals surface area contributed by atoms with E-state index in [9.17, 15) is 9.59 Å². The molecule has 4 aromatic rings. The molecule has 0 spiro atoms. The van der Waals surface area contributed by atoms with Crippen molar-refractivity contribution >= 4 is 11.5 Å². The third-order valence-electron chi connectivity index (χ3n) is 5.55. The summed E-state index contributed by atoms with van der Waals surface area (Å²) in [7, 11) is 0. The van der Waals surface area contributed by atoms with Crippen LogP contribution in [-0.2, 0) is 13.1 Å². The number of hydrogen-bond donors (Lipinski definition) is 2. The van der Waals surface area contributed by atoms with Gasteiger partial charge >= 0.3 is 5.69 Å². The maximum Gasteiger partial charge on any atom is 0.330 e. The van der Waals surface area contributed by atoms with Crippen LogP contribution in [0.25, 0.3) is 0 Å². The summed E-state index contributed by atoms with van der Waals surface area (Å²) >= 11 is 0. The van der Waals surface area contributed by atoms with Gasteiger partial charge in [0.2, 0.25) is 0 Å². The van der Waals surface area contributed by atoms with Crippen LogP contribution in [0.1, 0.15) is 16.7 Å². The predicted molar refractivity (Wildman–Crippen MR) is 135 cm³/mol. The third kappa shape index (κ3) is 5.56. The average molecular weight is 457 g/mol. The first kappa shape index (κ1) is 22.9. The second-order valence-electron chi connectivity index (χ2n) is 8.14. The molecule has 0 unspecified atom stereocenters. The van der Waals surface area contributed by atoms with Gasteiger partial charge in [-0.3, -0.25) is 14.3 Å². The zero-order valence-electron chi connectivity index (χ0n) is 19.1. The van der Waals surface area contributed by atoms with Gasteiger partial charge in [-0.2, -0.15) is 0 Å². The lowest BCUT2D eigenvalue weighted by Gasteiger charge is -2.26. The molecule has 0 aliphatic rings. The first-order valence-electron chi connectivity index (χ1n) is 11.2. The number of nitrogens with zero attached hydrogens (tertiary/aromatic N) is 2. The van der Waals surface area contributed by atoms with Crippen molar-refractivity contribution in [2.75, 3.05) is 23.8 Å². The molecular weight excluding hydrogens is 428 g/mol. The van der Waals surface area contributed by atoms with Crippen LogP contribution in [0.3, 0.4) is 0 Å². The molecule has 0 aliphatic heterocycles. The van der Waals surface area contributed by atoms with Gasteiger partial charge in [0.1, 0.15) is 23.9 Å². The van der Waals surface area contributed by atoms with Gasteiger partial charge in [-0.25, -0.2) is 4.79 Å². The molecular formula is C27H28N4O3. The van der Waals surface area contributed by atoms with Crippen LogP contribution in [0, 0.1) is 6.92 Å². The molecule has 3 N–H and O–H groups in total. The Labute approximate surface area is 198 Å². The van der Waals surface area contributed by atoms with Gasteiger partial charge in [0, 0.05) is 6.54 Å². The maximum atomic E-state index is 12.9. The summed E-state index contributed by atoms with van der Waals surface area (Å²) in [6.07, 6.45) is 0. The Morgan fingerprint density at radius 3 is 2.26 bits per heavy atom. The van der Waals surface area contributed by atoms with E-state index in [-0.39, 0.29) is 18.1 Å². The molecule has 34 heavy (non-hydrogen) atoms. The highest BCUT2D eigenvalue weighted by atomic mass is 16.5. The summed E-state index contributed by atoms with van der Waals surface area (Å²) in [5.41, 5.74) is 8.68. The number of ether oxygens (including phenoxy) is 1. The van der Waals surface area contributed by atoms with E-state index >= 15 is 0 Å². The molecule has 0 radical (unpaired) electrons. The molecule has 0 saturated carbocycles. The topological polar surface area (TPSA) is 93.3 Å². The second-order valence-corrected chi connectivity index (χ2v) is 8.14. The SMILES string of the molecule is Cc1cccc(OCCN(Cc2ccccc2)c2c(N)n(Cc3ccccc3)c(=O)[nH]c2=O)c1. The largest absolute Gasteiger partial charge is 0.492 e. The van der Waals surface area contributed by atoms with Gasteiger partial charge in [-0.15, -0.1) is 0 Å². The number of H-pyrrole nitrogens is 1. The monoisotopic (exact) mass is 456 g/mol. The fraction of sp³-hybridized carbons (Fsp3) is 0.185. The van der Waals surface area contributed by atoms with Crippen molar-refractivity contribution in [1.82, 2.24) is 9.55 Å². The zero-order valence-corrected chi connectivity index (χ0v) is 19.1. The van der Waals surface area contributed by atoms with Crippen molar-refractivity contribution in [3.05, 3.63) is 122 Å². The number of aromatic nitrogens is 2. The number of benzene rings is 3. The van der Waals surface area contributed by atoms with Gasteiger partial charge in [0.25, 0.3) is 5.56 Å². The molecule has 0 atom stereocenters. The molecule has 174 valence electrons. The van der Waals surface area contributed by atoms with E-state index in [1.165, 1.54) is 4.57 Å². The fourth-order valence-corrected chi connectivity index (χ4v) is 3.86. The van der Waals surface area contributed by atoms with Crippen LogP contribution >= 0.6 is 0 Å². The highest BCUT2D eigenvalue weighted by Crippen LogP contribution is 2.20. The second kappa shape index (κ2) is 10.6. The van der Waals surface area contributed by atoms with E-state index in [1.807, 2.05) is 96.8 Å². The molecule has 1 heterocycles. The number of aromatic amines is 1. The van der Waals surface area contributed by atoms with Gasteiger partial charge in [-0.05, 0) is 35.7 Å². The quantitative estimate of drug-likeness (QED) is 0.402. The molecule has 0 aliphatic carbocycles. The highest BCUT2D eigenvalue weighted by Gasteiger charge is 2.19. The minimum absolute atomic E-state index is 0.129. The van der Waals surface area contributed by atoms with Crippen molar-refractivity contribution in [3.8, 4) is 5.75 Å². The molecule has 0 amide bonds. The standard InChI is InChI=1S/C27H28N4O3/c1-20-9-8-14-23(17-20)34-16-15-30(18-21-10-4-2-5-11-21)24-25(28)31(27(33)29-26(24)32)19-22-12-6-3-7-13-22/h2-14,17H,15-16,18-19,28H2,1H3,(H,29,32,33).